The van der Waals surface area contributed by atoms with E-state index in [1.165, 1.54) is 11.8 Å². The second-order valence-corrected chi connectivity index (χ2v) is 8.35. The number of thiocarbonyl (C=S) groups is 1. The summed E-state index contributed by atoms with van der Waals surface area (Å²) in [7, 11) is 1.63. The van der Waals surface area contributed by atoms with E-state index < -0.39 is 11.4 Å². The second-order valence-electron chi connectivity index (χ2n) is 6.58. The number of ketones is 1. The molecule has 2 aromatic carbocycles. The number of para-hydroxylation sites is 1. The highest BCUT2D eigenvalue weighted by Gasteiger charge is 2.40. The third-order valence-corrected chi connectivity index (χ3v) is 6.60. The fraction of sp³-hybridized carbons (Fsp3) is 0.333. The lowest BCUT2D eigenvalue weighted by Gasteiger charge is -2.35. The fourth-order valence-electron chi connectivity index (χ4n) is 3.34. The van der Waals surface area contributed by atoms with Crippen molar-refractivity contribution in [2.24, 2.45) is 0 Å². The Hall–Kier alpha value is -2.09. The molecule has 2 unspecified atom stereocenters. The van der Waals surface area contributed by atoms with Gasteiger partial charge in [-0.05, 0) is 29.8 Å². The first-order valence-electron chi connectivity index (χ1n) is 9.14. The molecule has 2 aromatic rings. The molecule has 7 heteroatoms. The van der Waals surface area contributed by atoms with Crippen LogP contribution in [0.5, 0.6) is 11.5 Å². The number of nitrogens with zero attached hydrogens (tertiary/aromatic N) is 1. The summed E-state index contributed by atoms with van der Waals surface area (Å²) < 4.78 is 17.6. The average Bonchev–Trinajstić information content (AvgIpc) is 2.76. The Bertz CT molecular complexity index is 865. The first kappa shape index (κ1) is 19.2. The molecule has 2 aliphatic heterocycles. The Morgan fingerprint density at radius 3 is 2.57 bits per heavy atom. The van der Waals surface area contributed by atoms with Crippen LogP contribution < -0.4 is 9.47 Å². The number of hydrogen-bond donors (Lipinski definition) is 0. The summed E-state index contributed by atoms with van der Waals surface area (Å²) in [6.07, 6.45) is -0.419. The van der Waals surface area contributed by atoms with Crippen molar-refractivity contribution in [2.75, 3.05) is 33.4 Å². The number of methoxy groups -OCH3 is 1. The Morgan fingerprint density at radius 2 is 1.86 bits per heavy atom. The SMILES string of the molecule is COc1ccc(C2Oc3ccccc3C(=O)C2SC(=S)N2CCOCC2)cc1. The Balaban J connectivity index is 1.64. The monoisotopic (exact) mass is 415 g/mol. The van der Waals surface area contributed by atoms with Gasteiger partial charge in [0.15, 0.2) is 5.78 Å². The quantitative estimate of drug-likeness (QED) is 0.708. The van der Waals surface area contributed by atoms with Gasteiger partial charge in [0.2, 0.25) is 0 Å². The molecule has 0 aliphatic carbocycles. The highest BCUT2D eigenvalue weighted by molar-refractivity contribution is 8.23. The topological polar surface area (TPSA) is 48.0 Å². The van der Waals surface area contributed by atoms with E-state index in [-0.39, 0.29) is 5.78 Å². The van der Waals surface area contributed by atoms with Gasteiger partial charge in [0.05, 0.1) is 25.9 Å². The van der Waals surface area contributed by atoms with Crippen molar-refractivity contribution >= 4 is 34.1 Å². The number of rotatable bonds is 3. The van der Waals surface area contributed by atoms with E-state index in [1.54, 1.807) is 7.11 Å². The molecule has 0 radical (unpaired) electrons. The lowest BCUT2D eigenvalue weighted by Crippen LogP contribution is -2.41. The molecule has 4 rings (SSSR count). The lowest BCUT2D eigenvalue weighted by molar-refractivity contribution is 0.0701. The number of fused-ring (bicyclic) bond motifs is 1. The lowest BCUT2D eigenvalue weighted by atomic mass is 9.95. The molecule has 0 amide bonds. The first-order valence-corrected chi connectivity index (χ1v) is 10.4. The van der Waals surface area contributed by atoms with Crippen molar-refractivity contribution in [3.8, 4) is 11.5 Å². The molecule has 1 fully saturated rings. The minimum atomic E-state index is -0.446. The summed E-state index contributed by atoms with van der Waals surface area (Å²) in [6.45, 7) is 2.80. The van der Waals surface area contributed by atoms with E-state index >= 15 is 0 Å². The maximum atomic E-state index is 13.3. The van der Waals surface area contributed by atoms with Crippen LogP contribution in [0.2, 0.25) is 0 Å². The average molecular weight is 416 g/mol. The number of Topliss-reactive ketones (excluding diaryl/α,β-unsaturated/α-hetero) is 1. The summed E-state index contributed by atoms with van der Waals surface area (Å²) in [5, 5.41) is -0.446. The highest BCUT2D eigenvalue weighted by atomic mass is 32.2. The zero-order valence-corrected chi connectivity index (χ0v) is 17.1. The van der Waals surface area contributed by atoms with Crippen molar-refractivity contribution in [3.05, 3.63) is 59.7 Å². The summed E-state index contributed by atoms with van der Waals surface area (Å²) in [5.74, 6) is 1.42. The molecule has 28 heavy (non-hydrogen) atoms. The van der Waals surface area contributed by atoms with Gasteiger partial charge in [0.1, 0.15) is 27.2 Å². The smallest absolute Gasteiger partial charge is 0.184 e. The van der Waals surface area contributed by atoms with Gasteiger partial charge in [-0.2, -0.15) is 0 Å². The van der Waals surface area contributed by atoms with Crippen LogP contribution in [0.25, 0.3) is 0 Å². The van der Waals surface area contributed by atoms with Crippen LogP contribution in [0.15, 0.2) is 48.5 Å². The fourth-order valence-corrected chi connectivity index (χ4v) is 4.96. The summed E-state index contributed by atoms with van der Waals surface area (Å²) in [5.41, 5.74) is 1.53. The summed E-state index contributed by atoms with van der Waals surface area (Å²) >= 11 is 7.06. The molecule has 5 nitrogen and oxygen atoms in total. The van der Waals surface area contributed by atoms with Crippen LogP contribution in [-0.2, 0) is 4.74 Å². The van der Waals surface area contributed by atoms with E-state index in [2.05, 4.69) is 4.90 Å². The Labute approximate surface area is 174 Å². The van der Waals surface area contributed by atoms with Crippen LogP contribution in [-0.4, -0.2) is 53.7 Å². The molecule has 0 bridgehead atoms. The van der Waals surface area contributed by atoms with Gasteiger partial charge in [-0.25, -0.2) is 0 Å². The molecule has 2 heterocycles. The van der Waals surface area contributed by atoms with Gasteiger partial charge >= 0.3 is 0 Å². The maximum Gasteiger partial charge on any atom is 0.184 e. The minimum Gasteiger partial charge on any atom is -0.497 e. The number of carbonyl (C=O) groups is 1. The number of carbonyl (C=O) groups excluding carboxylic acids is 1. The molecule has 2 aliphatic rings. The number of hydrogen-bond acceptors (Lipinski definition) is 6. The third kappa shape index (κ3) is 3.87. The van der Waals surface area contributed by atoms with Crippen LogP contribution >= 0.6 is 24.0 Å². The van der Waals surface area contributed by atoms with Gasteiger partial charge in [-0.1, -0.05) is 48.2 Å². The van der Waals surface area contributed by atoms with E-state index in [0.717, 1.165) is 24.4 Å². The maximum absolute atomic E-state index is 13.3. The van der Waals surface area contributed by atoms with Crippen molar-refractivity contribution in [1.29, 1.82) is 0 Å². The summed E-state index contributed by atoms with van der Waals surface area (Å²) in [6, 6.07) is 15.0. The molecule has 0 N–H and O–H groups in total. The molecular formula is C21H21NO4S2. The second kappa shape index (κ2) is 8.51. The Morgan fingerprint density at radius 1 is 1.14 bits per heavy atom. The highest BCUT2D eigenvalue weighted by Crippen LogP contribution is 2.41. The molecule has 0 saturated carbocycles. The Kier molecular flexibility index (Phi) is 5.85. The normalized spacial score (nSPS) is 21.6. The predicted octanol–water partition coefficient (Wildman–Crippen LogP) is 3.73. The molecular weight excluding hydrogens is 394 g/mol. The van der Waals surface area contributed by atoms with Gasteiger partial charge in [0, 0.05) is 13.1 Å². The van der Waals surface area contributed by atoms with E-state index in [0.29, 0.717) is 28.8 Å². The van der Waals surface area contributed by atoms with Gasteiger partial charge < -0.3 is 19.1 Å². The van der Waals surface area contributed by atoms with E-state index in [1.807, 2.05) is 48.5 Å². The van der Waals surface area contributed by atoms with Crippen molar-refractivity contribution in [1.82, 2.24) is 4.90 Å². The first-order chi connectivity index (χ1) is 13.7. The third-order valence-electron chi connectivity index (χ3n) is 4.88. The molecule has 0 aromatic heterocycles. The number of benzene rings is 2. The van der Waals surface area contributed by atoms with E-state index in [4.69, 9.17) is 26.4 Å². The van der Waals surface area contributed by atoms with Crippen molar-refractivity contribution in [2.45, 2.75) is 11.4 Å². The molecule has 1 saturated heterocycles. The van der Waals surface area contributed by atoms with Crippen molar-refractivity contribution < 1.29 is 19.0 Å². The largest absolute Gasteiger partial charge is 0.497 e. The standard InChI is InChI=1S/C21H21NO4S2/c1-24-15-8-6-14(7-9-15)19-20(28-21(27)22-10-12-25-13-11-22)18(23)16-4-2-3-5-17(16)26-19/h2-9,19-20H,10-13H2,1H3. The van der Waals surface area contributed by atoms with Gasteiger partial charge in [0.25, 0.3) is 0 Å². The minimum absolute atomic E-state index is 0.0447. The van der Waals surface area contributed by atoms with Crippen LogP contribution in [0.4, 0.5) is 0 Å². The molecule has 146 valence electrons. The molecule has 0 spiro atoms. The zero-order valence-electron chi connectivity index (χ0n) is 15.5. The summed E-state index contributed by atoms with van der Waals surface area (Å²) in [4.78, 5) is 15.4. The van der Waals surface area contributed by atoms with Crippen LogP contribution in [0.3, 0.4) is 0 Å². The van der Waals surface area contributed by atoms with E-state index in [9.17, 15) is 4.79 Å². The number of morpholine rings is 1. The number of thioether (sulfide) groups is 1. The van der Waals surface area contributed by atoms with Crippen LogP contribution in [0, 0.1) is 0 Å². The number of ether oxygens (including phenoxy) is 3. The predicted molar refractivity (Wildman–Crippen MR) is 114 cm³/mol. The zero-order chi connectivity index (χ0) is 19.5. The van der Waals surface area contributed by atoms with Crippen molar-refractivity contribution in [3.63, 3.8) is 0 Å². The van der Waals surface area contributed by atoms with Crippen LogP contribution in [0.1, 0.15) is 22.0 Å². The van der Waals surface area contributed by atoms with Gasteiger partial charge in [-0.3, -0.25) is 4.79 Å². The van der Waals surface area contributed by atoms with Gasteiger partial charge in [-0.15, -0.1) is 0 Å². The molecule has 2 atom stereocenters.